The molecule has 1 aliphatic carbocycles. The van der Waals surface area contributed by atoms with Gasteiger partial charge >= 0.3 is 0 Å². The van der Waals surface area contributed by atoms with Gasteiger partial charge in [0.25, 0.3) is 0 Å². The zero-order valence-electron chi connectivity index (χ0n) is 20.4. The first-order valence-corrected chi connectivity index (χ1v) is 12.9. The third-order valence-electron chi connectivity index (χ3n) is 6.39. The highest BCUT2D eigenvalue weighted by Gasteiger charge is 2.26. The van der Waals surface area contributed by atoms with E-state index >= 15 is 0 Å². The molecule has 1 fully saturated rings. The van der Waals surface area contributed by atoms with Gasteiger partial charge in [-0.15, -0.1) is 0 Å². The van der Waals surface area contributed by atoms with E-state index in [1.54, 1.807) is 11.1 Å². The molecule has 1 aliphatic rings. The van der Waals surface area contributed by atoms with Gasteiger partial charge < -0.3 is 0 Å². The van der Waals surface area contributed by atoms with Crippen molar-refractivity contribution >= 4 is 0 Å². The Bertz CT molecular complexity index is 512. The van der Waals surface area contributed by atoms with Crippen molar-refractivity contribution in [2.24, 2.45) is 17.8 Å². The second kappa shape index (κ2) is 16.7. The van der Waals surface area contributed by atoms with Gasteiger partial charge in [0, 0.05) is 0 Å². The molecule has 0 aromatic carbocycles. The summed E-state index contributed by atoms with van der Waals surface area (Å²) in [5, 5.41) is 0. The molecule has 0 aromatic rings. The molecule has 0 spiro atoms. The van der Waals surface area contributed by atoms with Gasteiger partial charge in [-0.2, -0.15) is 0 Å². The van der Waals surface area contributed by atoms with Crippen LogP contribution in [-0.2, 0) is 0 Å². The summed E-state index contributed by atoms with van der Waals surface area (Å²) in [5.74, 6) is 2.22. The molecule has 0 nitrogen and oxygen atoms in total. The van der Waals surface area contributed by atoms with Crippen LogP contribution in [0.15, 0.2) is 47.6 Å². The molecule has 0 saturated heterocycles. The summed E-state index contributed by atoms with van der Waals surface area (Å²) in [6.45, 7) is 11.6. The first kappa shape index (κ1) is 26.0. The van der Waals surface area contributed by atoms with Gasteiger partial charge in [-0.3, -0.25) is 0 Å². The second-order valence-corrected chi connectivity index (χ2v) is 9.04. The molecule has 0 aromatic heterocycles. The van der Waals surface area contributed by atoms with Crippen molar-refractivity contribution in [3.63, 3.8) is 0 Å². The first-order chi connectivity index (χ1) is 14.2. The van der Waals surface area contributed by atoms with Gasteiger partial charge in [0.2, 0.25) is 0 Å². The lowest BCUT2D eigenvalue weighted by Gasteiger charge is -2.16. The van der Waals surface area contributed by atoms with Crippen LogP contribution in [0.3, 0.4) is 0 Å². The van der Waals surface area contributed by atoms with E-state index in [-0.39, 0.29) is 0 Å². The van der Waals surface area contributed by atoms with Crippen molar-refractivity contribution in [1.29, 1.82) is 0 Å². The van der Waals surface area contributed by atoms with Gasteiger partial charge in [-0.25, -0.2) is 0 Å². The highest BCUT2D eigenvalue weighted by molar-refractivity contribution is 5.17. The Hall–Kier alpha value is -1.04. The lowest BCUT2D eigenvalue weighted by molar-refractivity contribution is 0.594. The molecule has 0 radical (unpaired) electrons. The molecule has 29 heavy (non-hydrogen) atoms. The van der Waals surface area contributed by atoms with Crippen molar-refractivity contribution in [1.82, 2.24) is 0 Å². The Labute approximate surface area is 183 Å². The van der Waals surface area contributed by atoms with E-state index in [1.165, 1.54) is 83.5 Å². The molecular formula is C29H50. The molecule has 0 heterocycles. The number of rotatable bonds is 17. The summed E-state index contributed by atoms with van der Waals surface area (Å²) in [5.41, 5.74) is 3.40. The van der Waals surface area contributed by atoms with Gasteiger partial charge in [0.15, 0.2) is 0 Å². The van der Waals surface area contributed by atoms with Gasteiger partial charge in [-0.1, -0.05) is 95.1 Å². The van der Waals surface area contributed by atoms with E-state index in [9.17, 15) is 0 Å². The van der Waals surface area contributed by atoms with Crippen LogP contribution in [0.25, 0.3) is 0 Å². The molecule has 0 amide bonds. The SMILES string of the molecule is CCC=CCCCCC=C(CC)C(C)C=CC(CC)CC(=CCCCC)C1CC1. The highest BCUT2D eigenvalue weighted by atomic mass is 14.3. The topological polar surface area (TPSA) is 0 Å². The summed E-state index contributed by atoms with van der Waals surface area (Å²) in [4.78, 5) is 0. The quantitative estimate of drug-likeness (QED) is 0.169. The number of unbranched alkanes of at least 4 members (excludes halogenated alkanes) is 5. The van der Waals surface area contributed by atoms with Gasteiger partial charge in [0.05, 0.1) is 0 Å². The molecule has 0 bridgehead atoms. The predicted octanol–water partition coefficient (Wildman–Crippen LogP) is 9.98. The Morgan fingerprint density at radius 3 is 2.21 bits per heavy atom. The maximum Gasteiger partial charge on any atom is -0.00517 e. The minimum absolute atomic E-state index is 0.586. The maximum atomic E-state index is 2.59. The average Bonchev–Trinajstić information content (AvgIpc) is 3.57. The van der Waals surface area contributed by atoms with Crippen molar-refractivity contribution in [3.05, 3.63) is 47.6 Å². The van der Waals surface area contributed by atoms with E-state index in [1.807, 2.05) is 0 Å². The van der Waals surface area contributed by atoms with Crippen molar-refractivity contribution in [3.8, 4) is 0 Å². The summed E-state index contributed by atoms with van der Waals surface area (Å²) in [6, 6.07) is 0. The number of hydrogen-bond donors (Lipinski definition) is 0. The monoisotopic (exact) mass is 398 g/mol. The summed E-state index contributed by atoms with van der Waals surface area (Å²) < 4.78 is 0. The van der Waals surface area contributed by atoms with Crippen molar-refractivity contribution in [2.45, 2.75) is 118 Å². The third-order valence-corrected chi connectivity index (χ3v) is 6.39. The van der Waals surface area contributed by atoms with Gasteiger partial charge in [-0.05, 0) is 88.4 Å². The summed E-state index contributed by atoms with van der Waals surface area (Å²) >= 11 is 0. The van der Waals surface area contributed by atoms with Crippen LogP contribution in [0.4, 0.5) is 0 Å². The second-order valence-electron chi connectivity index (χ2n) is 9.04. The predicted molar refractivity (Wildman–Crippen MR) is 133 cm³/mol. The Morgan fingerprint density at radius 2 is 1.59 bits per heavy atom. The fraction of sp³-hybridized carbons (Fsp3) is 0.724. The third kappa shape index (κ3) is 12.3. The van der Waals surface area contributed by atoms with E-state index in [4.69, 9.17) is 0 Å². The molecule has 1 rings (SSSR count). The van der Waals surface area contributed by atoms with Crippen LogP contribution in [0, 0.1) is 17.8 Å². The largest absolute Gasteiger partial charge is 0.0888 e. The Morgan fingerprint density at radius 1 is 0.862 bits per heavy atom. The molecule has 166 valence electrons. The van der Waals surface area contributed by atoms with Crippen LogP contribution in [0.1, 0.15) is 118 Å². The van der Waals surface area contributed by atoms with Gasteiger partial charge in [0.1, 0.15) is 0 Å². The first-order valence-electron chi connectivity index (χ1n) is 12.9. The minimum atomic E-state index is 0.586. The standard InChI is InChI=1S/C29H50/c1-6-10-12-13-14-15-17-18-27(9-4)25(5)20-21-26(8-3)24-29(28-22-23-28)19-16-11-7-2/h10,12,18-21,25-26,28H,6-9,11,13-17,22-24H2,1-5H3. The minimum Gasteiger partial charge on any atom is -0.0888 e. The van der Waals surface area contributed by atoms with Crippen LogP contribution in [-0.4, -0.2) is 0 Å². The lowest BCUT2D eigenvalue weighted by atomic mass is 9.90. The van der Waals surface area contributed by atoms with E-state index in [2.05, 4.69) is 71.1 Å². The summed E-state index contributed by atoms with van der Waals surface area (Å²) in [7, 11) is 0. The molecular weight excluding hydrogens is 348 g/mol. The Kier molecular flexibility index (Phi) is 15.0. The average molecular weight is 399 g/mol. The van der Waals surface area contributed by atoms with Crippen LogP contribution in [0.5, 0.6) is 0 Å². The van der Waals surface area contributed by atoms with Crippen LogP contribution < -0.4 is 0 Å². The maximum absolute atomic E-state index is 2.59. The molecule has 0 heteroatoms. The molecule has 0 aliphatic heterocycles. The highest BCUT2D eigenvalue weighted by Crippen LogP contribution is 2.40. The lowest BCUT2D eigenvalue weighted by Crippen LogP contribution is -2.01. The molecule has 0 N–H and O–H groups in total. The number of hydrogen-bond acceptors (Lipinski definition) is 0. The Balaban J connectivity index is 2.51. The van der Waals surface area contributed by atoms with E-state index < -0.39 is 0 Å². The number of allylic oxidation sites excluding steroid dienone is 8. The normalized spacial score (nSPS) is 18.1. The molecule has 1 saturated carbocycles. The molecule has 2 unspecified atom stereocenters. The zero-order chi connectivity index (χ0) is 21.3. The zero-order valence-corrected chi connectivity index (χ0v) is 20.4. The van der Waals surface area contributed by atoms with Crippen molar-refractivity contribution < 1.29 is 0 Å². The van der Waals surface area contributed by atoms with E-state index in [0.717, 1.165) is 11.8 Å². The van der Waals surface area contributed by atoms with Crippen molar-refractivity contribution in [2.75, 3.05) is 0 Å². The molecule has 2 atom stereocenters. The summed E-state index contributed by atoms with van der Waals surface area (Å²) in [6.07, 6.45) is 31.6. The van der Waals surface area contributed by atoms with E-state index in [0.29, 0.717) is 5.92 Å². The van der Waals surface area contributed by atoms with Crippen LogP contribution in [0.2, 0.25) is 0 Å². The van der Waals surface area contributed by atoms with Crippen LogP contribution >= 0.6 is 0 Å². The fourth-order valence-corrected chi connectivity index (χ4v) is 4.09. The smallest absolute Gasteiger partial charge is 0.00517 e. The fourth-order valence-electron chi connectivity index (χ4n) is 4.09.